The van der Waals surface area contributed by atoms with E-state index in [1.807, 2.05) is 6.92 Å². The molecule has 18 heavy (non-hydrogen) atoms. The van der Waals surface area contributed by atoms with Gasteiger partial charge in [0, 0.05) is 11.1 Å². The number of hydrogen-bond donors (Lipinski definition) is 1. The van der Waals surface area contributed by atoms with Crippen LogP contribution in [0.1, 0.15) is 38.7 Å². The Bertz CT molecular complexity index is 461. The lowest BCUT2D eigenvalue weighted by Gasteiger charge is -2.43. The normalized spacial score (nSPS) is 32.6. The van der Waals surface area contributed by atoms with Crippen LogP contribution in [0.15, 0.2) is 12.1 Å². The lowest BCUT2D eigenvalue weighted by Crippen LogP contribution is -2.48. The van der Waals surface area contributed by atoms with Crippen molar-refractivity contribution in [1.82, 2.24) is 0 Å². The van der Waals surface area contributed by atoms with Crippen molar-refractivity contribution in [2.75, 3.05) is 0 Å². The summed E-state index contributed by atoms with van der Waals surface area (Å²) in [7, 11) is 0. The Morgan fingerprint density at radius 3 is 2.50 bits per heavy atom. The number of nitrogens with two attached hydrogens (primary N) is 1. The molecule has 1 aromatic rings. The van der Waals surface area contributed by atoms with E-state index in [0.717, 1.165) is 18.9 Å². The van der Waals surface area contributed by atoms with Gasteiger partial charge in [-0.15, -0.1) is 0 Å². The van der Waals surface area contributed by atoms with Gasteiger partial charge in [0.15, 0.2) is 17.5 Å². The van der Waals surface area contributed by atoms with Gasteiger partial charge >= 0.3 is 0 Å². The van der Waals surface area contributed by atoms with Crippen molar-refractivity contribution in [2.24, 2.45) is 17.6 Å². The zero-order valence-electron chi connectivity index (χ0n) is 10.6. The van der Waals surface area contributed by atoms with Crippen LogP contribution in [0.4, 0.5) is 13.2 Å². The third-order valence-electron chi connectivity index (χ3n) is 4.45. The summed E-state index contributed by atoms with van der Waals surface area (Å²) in [5.74, 6) is -3.36. The molecule has 1 fully saturated rings. The first-order valence-corrected chi connectivity index (χ1v) is 6.30. The second-order valence-corrected chi connectivity index (χ2v) is 5.42. The maximum absolute atomic E-state index is 13.9. The van der Waals surface area contributed by atoms with E-state index < -0.39 is 23.0 Å². The summed E-state index contributed by atoms with van der Waals surface area (Å²) >= 11 is 0. The average Bonchev–Trinajstić information content (AvgIpc) is 2.33. The van der Waals surface area contributed by atoms with Gasteiger partial charge in [0.1, 0.15) is 0 Å². The molecule has 1 aromatic carbocycles. The molecule has 1 saturated carbocycles. The van der Waals surface area contributed by atoms with Crippen LogP contribution < -0.4 is 5.73 Å². The van der Waals surface area contributed by atoms with Crippen molar-refractivity contribution < 1.29 is 13.2 Å². The average molecular weight is 257 g/mol. The van der Waals surface area contributed by atoms with Crippen molar-refractivity contribution >= 4 is 0 Å². The third kappa shape index (κ3) is 1.92. The molecule has 0 saturated heterocycles. The van der Waals surface area contributed by atoms with Crippen LogP contribution >= 0.6 is 0 Å². The van der Waals surface area contributed by atoms with Gasteiger partial charge in [-0.2, -0.15) is 0 Å². The van der Waals surface area contributed by atoms with E-state index in [9.17, 15) is 13.2 Å². The third-order valence-corrected chi connectivity index (χ3v) is 4.45. The second-order valence-electron chi connectivity index (χ2n) is 5.42. The highest BCUT2D eigenvalue weighted by Crippen LogP contribution is 2.43. The maximum Gasteiger partial charge on any atom is 0.194 e. The van der Waals surface area contributed by atoms with Gasteiger partial charge in [0.05, 0.1) is 0 Å². The number of benzene rings is 1. The SMILES string of the molecule is CC1CCCC(N)(c2ccc(F)c(F)c2F)C1C. The minimum Gasteiger partial charge on any atom is -0.321 e. The monoisotopic (exact) mass is 257 g/mol. The molecule has 3 atom stereocenters. The first kappa shape index (κ1) is 13.4. The van der Waals surface area contributed by atoms with Gasteiger partial charge in [-0.1, -0.05) is 32.8 Å². The van der Waals surface area contributed by atoms with Gasteiger partial charge in [0.2, 0.25) is 0 Å². The first-order chi connectivity index (χ1) is 8.38. The highest BCUT2D eigenvalue weighted by molar-refractivity contribution is 5.29. The van der Waals surface area contributed by atoms with Crippen molar-refractivity contribution in [3.8, 4) is 0 Å². The first-order valence-electron chi connectivity index (χ1n) is 6.30. The highest BCUT2D eigenvalue weighted by atomic mass is 19.2. The Hall–Kier alpha value is -1.03. The van der Waals surface area contributed by atoms with E-state index in [4.69, 9.17) is 5.73 Å². The fourth-order valence-electron chi connectivity index (χ4n) is 2.97. The van der Waals surface area contributed by atoms with E-state index in [1.54, 1.807) is 0 Å². The minimum atomic E-state index is -1.43. The van der Waals surface area contributed by atoms with E-state index >= 15 is 0 Å². The van der Waals surface area contributed by atoms with Crippen LogP contribution in [0, 0.1) is 29.3 Å². The zero-order chi connectivity index (χ0) is 13.5. The molecule has 1 aliphatic carbocycles. The van der Waals surface area contributed by atoms with Gasteiger partial charge in [0.25, 0.3) is 0 Å². The van der Waals surface area contributed by atoms with Gasteiger partial charge < -0.3 is 5.73 Å². The second kappa shape index (κ2) is 4.57. The molecule has 0 heterocycles. The zero-order valence-corrected chi connectivity index (χ0v) is 10.6. The van der Waals surface area contributed by atoms with E-state index in [1.165, 1.54) is 6.07 Å². The van der Waals surface area contributed by atoms with E-state index in [0.29, 0.717) is 12.3 Å². The van der Waals surface area contributed by atoms with Crippen LogP contribution in [-0.4, -0.2) is 0 Å². The summed E-state index contributed by atoms with van der Waals surface area (Å²) in [6.45, 7) is 4.01. The fraction of sp³-hybridized carbons (Fsp3) is 0.571. The van der Waals surface area contributed by atoms with Crippen molar-refractivity contribution in [3.63, 3.8) is 0 Å². The lowest BCUT2D eigenvalue weighted by molar-refractivity contribution is 0.138. The molecule has 0 bridgehead atoms. The topological polar surface area (TPSA) is 26.0 Å². The van der Waals surface area contributed by atoms with Gasteiger partial charge in [-0.25, -0.2) is 13.2 Å². The summed E-state index contributed by atoms with van der Waals surface area (Å²) in [6.07, 6.45) is 2.51. The summed E-state index contributed by atoms with van der Waals surface area (Å²) in [5.41, 5.74) is 5.50. The smallest absolute Gasteiger partial charge is 0.194 e. The predicted molar refractivity (Wildman–Crippen MR) is 64.4 cm³/mol. The van der Waals surface area contributed by atoms with Crippen LogP contribution in [0.5, 0.6) is 0 Å². The minimum absolute atomic E-state index is 0.0330. The van der Waals surface area contributed by atoms with Crippen molar-refractivity contribution in [3.05, 3.63) is 35.1 Å². The molecule has 100 valence electrons. The molecule has 2 N–H and O–H groups in total. The molecule has 0 amide bonds. The Morgan fingerprint density at radius 2 is 1.83 bits per heavy atom. The van der Waals surface area contributed by atoms with Crippen LogP contribution in [0.3, 0.4) is 0 Å². The Balaban J connectivity index is 2.50. The quantitative estimate of drug-likeness (QED) is 0.762. The molecule has 0 aliphatic heterocycles. The van der Waals surface area contributed by atoms with Crippen LogP contribution in [0.2, 0.25) is 0 Å². The Morgan fingerprint density at radius 1 is 1.17 bits per heavy atom. The summed E-state index contributed by atoms with van der Waals surface area (Å²) < 4.78 is 40.2. The number of halogens is 3. The van der Waals surface area contributed by atoms with Crippen molar-refractivity contribution in [2.45, 2.75) is 38.6 Å². The molecule has 1 nitrogen and oxygen atoms in total. The van der Waals surface area contributed by atoms with Crippen LogP contribution in [0.25, 0.3) is 0 Å². The Kier molecular flexibility index (Phi) is 3.41. The maximum atomic E-state index is 13.9. The fourth-order valence-corrected chi connectivity index (χ4v) is 2.97. The lowest BCUT2D eigenvalue weighted by atomic mass is 9.66. The highest BCUT2D eigenvalue weighted by Gasteiger charge is 2.42. The summed E-state index contributed by atoms with van der Waals surface area (Å²) in [6, 6.07) is 2.23. The standard InChI is InChI=1S/C14H18F3N/c1-8-4-3-7-14(18,9(8)2)10-5-6-11(15)13(17)12(10)16/h5-6,8-9H,3-4,7,18H2,1-2H3. The molecular formula is C14H18F3N. The summed E-state index contributed by atoms with van der Waals surface area (Å²) in [4.78, 5) is 0. The summed E-state index contributed by atoms with van der Waals surface area (Å²) in [5, 5.41) is 0. The Labute approximate surface area is 105 Å². The molecule has 2 rings (SSSR count). The molecule has 1 aliphatic rings. The molecule has 0 radical (unpaired) electrons. The van der Waals surface area contributed by atoms with Gasteiger partial charge in [-0.05, 0) is 24.3 Å². The molecule has 4 heteroatoms. The number of hydrogen-bond acceptors (Lipinski definition) is 1. The molecule has 0 spiro atoms. The molecular weight excluding hydrogens is 239 g/mol. The van der Waals surface area contributed by atoms with E-state index in [2.05, 4.69) is 6.92 Å². The molecule has 0 aromatic heterocycles. The van der Waals surface area contributed by atoms with E-state index in [-0.39, 0.29) is 11.5 Å². The van der Waals surface area contributed by atoms with Gasteiger partial charge in [-0.3, -0.25) is 0 Å². The predicted octanol–water partition coefficient (Wildman–Crippen LogP) is 3.71. The van der Waals surface area contributed by atoms with Crippen LogP contribution in [-0.2, 0) is 5.54 Å². The largest absolute Gasteiger partial charge is 0.321 e. The molecule has 3 unspecified atom stereocenters. The van der Waals surface area contributed by atoms with Crippen molar-refractivity contribution in [1.29, 1.82) is 0 Å². The number of rotatable bonds is 1.